The van der Waals surface area contributed by atoms with Crippen molar-refractivity contribution in [2.24, 2.45) is 0 Å². The molecule has 0 aliphatic carbocycles. The summed E-state index contributed by atoms with van der Waals surface area (Å²) in [4.78, 5) is 4.81. The van der Waals surface area contributed by atoms with Crippen LogP contribution in [0.1, 0.15) is 33.2 Å². The lowest BCUT2D eigenvalue weighted by Gasteiger charge is -2.20. The van der Waals surface area contributed by atoms with Gasteiger partial charge in [0.2, 0.25) is 0 Å². The standard InChI is InChI=1S/C46H35ClN4O/c1-46(2,3)32-25-26-48-44(27-32)51-40-20-8-7-17-37(40)38-24-23-35(29-43(38)51)52-34-16-11-15-33(28-34)49-30-50(42-22-10-9-21-41(42)49)45-36(18-12-19-39(45)47)31-13-5-4-6-14-31/h4-29H,1-3H3/i4D,5D,6D,13D,14D. The maximum Gasteiger partial charge on any atom is 0.269 e. The second-order valence-corrected chi connectivity index (χ2v) is 14.1. The van der Waals surface area contributed by atoms with Crippen LogP contribution in [0, 0.1) is 6.33 Å². The van der Waals surface area contributed by atoms with Crippen molar-refractivity contribution >= 4 is 44.4 Å². The van der Waals surface area contributed by atoms with Crippen molar-refractivity contribution in [1.29, 1.82) is 0 Å². The van der Waals surface area contributed by atoms with Crippen molar-refractivity contribution in [3.05, 3.63) is 175 Å². The highest BCUT2D eigenvalue weighted by Gasteiger charge is 2.20. The lowest BCUT2D eigenvalue weighted by atomic mass is 9.88. The molecular weight excluding hydrogens is 660 g/mol. The van der Waals surface area contributed by atoms with E-state index in [4.69, 9.17) is 28.2 Å². The first kappa shape index (κ1) is 26.6. The Morgan fingerprint density at radius 1 is 0.731 bits per heavy atom. The zero-order valence-electron chi connectivity index (χ0n) is 33.7. The fraction of sp³-hybridized carbons (Fsp3) is 0.0870. The molecule has 0 fully saturated rings. The molecule has 0 saturated carbocycles. The molecule has 0 atom stereocenters. The normalized spacial score (nSPS) is 13.2. The van der Waals surface area contributed by atoms with Crippen molar-refractivity contribution in [3.63, 3.8) is 0 Å². The van der Waals surface area contributed by atoms with Crippen LogP contribution in [0.3, 0.4) is 0 Å². The smallest absolute Gasteiger partial charge is 0.269 e. The molecule has 3 heterocycles. The van der Waals surface area contributed by atoms with E-state index >= 15 is 0 Å². The molecule has 6 aromatic carbocycles. The predicted molar refractivity (Wildman–Crippen MR) is 211 cm³/mol. The summed E-state index contributed by atoms with van der Waals surface area (Å²) in [5, 5.41) is 2.55. The van der Waals surface area contributed by atoms with Gasteiger partial charge in [-0.3, -0.25) is 13.7 Å². The van der Waals surface area contributed by atoms with Gasteiger partial charge in [0.15, 0.2) is 0 Å². The van der Waals surface area contributed by atoms with Gasteiger partial charge >= 0.3 is 0 Å². The first-order valence-electron chi connectivity index (χ1n) is 19.5. The van der Waals surface area contributed by atoms with Crippen LogP contribution >= 0.6 is 11.6 Å². The fourth-order valence-corrected chi connectivity index (χ4v) is 7.10. The van der Waals surface area contributed by atoms with Gasteiger partial charge in [-0.15, -0.1) is 0 Å². The Kier molecular flexibility index (Phi) is 6.42. The number of rotatable bonds is 6. The van der Waals surface area contributed by atoms with Gasteiger partial charge in [0, 0.05) is 23.0 Å². The quantitative estimate of drug-likeness (QED) is 0.128. The Bertz CT molecular complexity index is 3050. The Morgan fingerprint density at radius 2 is 1.48 bits per heavy atom. The average molecular weight is 700 g/mol. The van der Waals surface area contributed by atoms with Crippen LogP contribution in [0.25, 0.3) is 61.2 Å². The summed E-state index contributed by atoms with van der Waals surface area (Å²) < 4.78 is 54.7. The fourth-order valence-electron chi connectivity index (χ4n) is 6.84. The number of pyridine rings is 1. The van der Waals surface area contributed by atoms with E-state index in [1.54, 1.807) is 22.8 Å². The monoisotopic (exact) mass is 699 g/mol. The summed E-state index contributed by atoms with van der Waals surface area (Å²) in [6.07, 6.45) is 5.32. The van der Waals surface area contributed by atoms with E-state index in [9.17, 15) is 0 Å². The van der Waals surface area contributed by atoms with E-state index in [0.29, 0.717) is 27.8 Å². The van der Waals surface area contributed by atoms with Crippen LogP contribution in [-0.2, 0) is 5.41 Å². The van der Waals surface area contributed by atoms with Gasteiger partial charge in [-0.25, -0.2) is 4.98 Å². The second kappa shape index (κ2) is 12.6. The van der Waals surface area contributed by atoms with Gasteiger partial charge in [-0.05, 0) is 76.7 Å². The van der Waals surface area contributed by atoms with E-state index in [1.807, 2.05) is 71.4 Å². The minimum absolute atomic E-state index is 0.0442. The Morgan fingerprint density at radius 3 is 2.33 bits per heavy atom. The van der Waals surface area contributed by atoms with Gasteiger partial charge in [0.25, 0.3) is 6.33 Å². The molecule has 9 rings (SSSR count). The summed E-state index contributed by atoms with van der Waals surface area (Å²) in [6, 6.07) is 37.3. The van der Waals surface area contributed by atoms with Crippen molar-refractivity contribution in [3.8, 4) is 39.8 Å². The molecule has 0 amide bonds. The highest BCUT2D eigenvalue weighted by molar-refractivity contribution is 6.33. The maximum absolute atomic E-state index is 8.72. The number of imidazole rings is 1. The molecule has 5 nitrogen and oxygen atoms in total. The number of ether oxygens (including phenoxy) is 1. The molecule has 0 aliphatic rings. The predicted octanol–water partition coefficient (Wildman–Crippen LogP) is 11.6. The summed E-state index contributed by atoms with van der Waals surface area (Å²) in [7, 11) is 0. The molecule has 52 heavy (non-hydrogen) atoms. The Balaban J connectivity index is 1.15. The highest BCUT2D eigenvalue weighted by atomic mass is 35.5. The van der Waals surface area contributed by atoms with Gasteiger partial charge in [0.05, 0.1) is 45.3 Å². The topological polar surface area (TPSA) is 35.9 Å². The second-order valence-electron chi connectivity index (χ2n) is 13.7. The van der Waals surface area contributed by atoms with Crippen LogP contribution in [0.2, 0.25) is 5.02 Å². The molecule has 252 valence electrons. The van der Waals surface area contributed by atoms with Crippen molar-refractivity contribution < 1.29 is 16.2 Å². The molecule has 0 N–H and O–H groups in total. The lowest BCUT2D eigenvalue weighted by Crippen LogP contribution is -2.29. The van der Waals surface area contributed by atoms with Crippen LogP contribution in [0.5, 0.6) is 11.5 Å². The number of para-hydroxylation sites is 4. The minimum Gasteiger partial charge on any atom is -0.458 e. The minimum atomic E-state index is -0.458. The Hall–Kier alpha value is -6.17. The van der Waals surface area contributed by atoms with Crippen molar-refractivity contribution in [2.75, 3.05) is 0 Å². The number of fused-ring (bicyclic) bond motifs is 4. The molecule has 6 heteroatoms. The molecule has 0 unspecified atom stereocenters. The third-order valence-corrected chi connectivity index (χ3v) is 9.65. The molecule has 0 bridgehead atoms. The number of hydrogen-bond acceptors (Lipinski definition) is 2. The van der Waals surface area contributed by atoms with Gasteiger partial charge < -0.3 is 4.74 Å². The van der Waals surface area contributed by atoms with Gasteiger partial charge in [-0.1, -0.05) is 123 Å². The molecule has 3 aromatic heterocycles. The van der Waals surface area contributed by atoms with Crippen molar-refractivity contribution in [2.45, 2.75) is 26.2 Å². The number of halogens is 1. The molecular formula is C46H35ClN4O. The lowest BCUT2D eigenvalue weighted by molar-refractivity contribution is -0.572. The number of hydrogen-bond donors (Lipinski definition) is 0. The summed E-state index contributed by atoms with van der Waals surface area (Å²) >= 11 is 6.92. The third kappa shape index (κ3) is 5.51. The van der Waals surface area contributed by atoms with E-state index in [2.05, 4.69) is 74.1 Å². The molecule has 0 spiro atoms. The van der Waals surface area contributed by atoms with Crippen LogP contribution < -0.4 is 9.30 Å². The van der Waals surface area contributed by atoms with Crippen LogP contribution in [-0.4, -0.2) is 14.1 Å². The summed E-state index contributed by atoms with van der Waals surface area (Å²) in [5.41, 5.74) is 6.37. The van der Waals surface area contributed by atoms with E-state index in [-0.39, 0.29) is 23.1 Å². The number of aromatic nitrogens is 4. The largest absolute Gasteiger partial charge is 0.458 e. The zero-order chi connectivity index (χ0) is 39.7. The van der Waals surface area contributed by atoms with Crippen LogP contribution in [0.15, 0.2) is 158 Å². The van der Waals surface area contributed by atoms with E-state index < -0.39 is 18.1 Å². The Labute approximate surface area is 314 Å². The first-order valence-corrected chi connectivity index (χ1v) is 17.4. The summed E-state index contributed by atoms with van der Waals surface area (Å²) in [5.74, 6) is 2.11. The third-order valence-electron chi connectivity index (χ3n) is 9.34. The van der Waals surface area contributed by atoms with Gasteiger partial charge in [-0.2, -0.15) is 0 Å². The van der Waals surface area contributed by atoms with Crippen LogP contribution in [0.4, 0.5) is 0 Å². The summed E-state index contributed by atoms with van der Waals surface area (Å²) in [6.45, 7) is 6.60. The highest BCUT2D eigenvalue weighted by Crippen LogP contribution is 2.37. The number of benzene rings is 6. The number of nitrogens with zero attached hydrogens (tertiary/aromatic N) is 4. The maximum atomic E-state index is 8.72. The van der Waals surface area contributed by atoms with E-state index in [0.717, 1.165) is 44.3 Å². The SMILES string of the molecule is [2H]c1c([2H])c([2H])c(-c2cccc(Cl)c2-n2[c-][n+](-c3cccc(Oc4ccc5c6ccccc6n(-c6cc(C(C)(C)C)ccn6)c5c4)c3)c3ccccc32)c([2H])c1[2H]. The molecule has 9 aromatic rings. The molecule has 0 saturated heterocycles. The first-order chi connectivity index (χ1) is 27.4. The zero-order valence-corrected chi connectivity index (χ0v) is 29.5. The van der Waals surface area contributed by atoms with Gasteiger partial charge in [0.1, 0.15) is 17.3 Å². The van der Waals surface area contributed by atoms with E-state index in [1.165, 1.54) is 5.56 Å². The van der Waals surface area contributed by atoms with Crippen molar-refractivity contribution in [1.82, 2.24) is 14.1 Å². The average Bonchev–Trinajstić information content (AvgIpc) is 3.75. The molecule has 0 radical (unpaired) electrons. The molecule has 0 aliphatic heterocycles.